The first-order valence-corrected chi connectivity index (χ1v) is 14.3. The van der Waals surface area contributed by atoms with Crippen LogP contribution in [0.3, 0.4) is 0 Å². The van der Waals surface area contributed by atoms with E-state index < -0.39 is 5.41 Å². The van der Waals surface area contributed by atoms with Crippen LogP contribution in [0.2, 0.25) is 0 Å². The van der Waals surface area contributed by atoms with Crippen molar-refractivity contribution in [2.24, 2.45) is 0 Å². The number of carbonyl (C=O) groups excluding carboxylic acids is 2. The largest absolute Gasteiger partial charge is 0.467 e. The van der Waals surface area contributed by atoms with Gasteiger partial charge in [0.1, 0.15) is 23.9 Å². The molecule has 0 unspecified atom stereocenters. The number of hydrogen-bond acceptors (Lipinski definition) is 5. The van der Waals surface area contributed by atoms with Crippen LogP contribution in [0.5, 0.6) is 0 Å². The maximum atomic E-state index is 14.5. The lowest BCUT2D eigenvalue weighted by molar-refractivity contribution is -0.123. The monoisotopic (exact) mass is 560 g/mol. The second-order valence-electron chi connectivity index (χ2n) is 11.0. The van der Waals surface area contributed by atoms with Crippen molar-refractivity contribution in [3.63, 3.8) is 0 Å². The second kappa shape index (κ2) is 11.0. The van der Waals surface area contributed by atoms with Gasteiger partial charge in [-0.15, -0.1) is 11.8 Å². The molecule has 5 rings (SSSR count). The zero-order chi connectivity index (χ0) is 28.6. The molecule has 0 fully saturated rings. The molecule has 2 amide bonds. The summed E-state index contributed by atoms with van der Waals surface area (Å²) in [4.78, 5) is 28.5. The van der Waals surface area contributed by atoms with Crippen molar-refractivity contribution in [3.8, 4) is 5.69 Å². The summed E-state index contributed by atoms with van der Waals surface area (Å²) in [5.41, 5.74) is 4.87. The van der Waals surface area contributed by atoms with Gasteiger partial charge in [0, 0.05) is 11.0 Å². The van der Waals surface area contributed by atoms with E-state index in [0.717, 1.165) is 33.6 Å². The van der Waals surface area contributed by atoms with Crippen LogP contribution in [0.15, 0.2) is 65.3 Å². The summed E-state index contributed by atoms with van der Waals surface area (Å²) < 4.78 is 21.6. The Kier molecular flexibility index (Phi) is 7.59. The zero-order valence-electron chi connectivity index (χ0n) is 23.3. The molecule has 0 spiro atoms. The van der Waals surface area contributed by atoms with Crippen LogP contribution in [-0.2, 0) is 21.5 Å². The normalized spacial score (nSPS) is 15.6. The Morgan fingerprint density at radius 1 is 1.15 bits per heavy atom. The predicted octanol–water partition coefficient (Wildman–Crippen LogP) is 6.00. The molecule has 1 N–H and O–H groups in total. The Morgan fingerprint density at radius 2 is 1.93 bits per heavy atom. The van der Waals surface area contributed by atoms with E-state index in [0.29, 0.717) is 11.6 Å². The van der Waals surface area contributed by atoms with Crippen molar-refractivity contribution >= 4 is 29.4 Å². The second-order valence-corrected chi connectivity index (χ2v) is 12.1. The molecule has 0 bridgehead atoms. The van der Waals surface area contributed by atoms with Gasteiger partial charge in [0.15, 0.2) is 0 Å². The molecule has 7 nitrogen and oxygen atoms in total. The number of amides is 2. The highest BCUT2D eigenvalue weighted by molar-refractivity contribution is 8.00. The minimum atomic E-state index is -0.403. The van der Waals surface area contributed by atoms with E-state index in [-0.39, 0.29) is 41.7 Å². The Labute approximate surface area is 237 Å². The van der Waals surface area contributed by atoms with Gasteiger partial charge in [-0.05, 0) is 60.9 Å². The summed E-state index contributed by atoms with van der Waals surface area (Å²) in [6.07, 6.45) is 1.55. The van der Waals surface area contributed by atoms with Gasteiger partial charge in [0.25, 0.3) is 0 Å². The maximum absolute atomic E-state index is 14.5. The lowest BCUT2D eigenvalue weighted by Crippen LogP contribution is -2.42. The van der Waals surface area contributed by atoms with Gasteiger partial charge in [-0.1, -0.05) is 45.0 Å². The predicted molar refractivity (Wildman–Crippen MR) is 155 cm³/mol. The highest BCUT2D eigenvalue weighted by Gasteiger charge is 2.40. The molecule has 4 aromatic rings. The third-order valence-electron chi connectivity index (χ3n) is 7.10. The van der Waals surface area contributed by atoms with Crippen LogP contribution in [0.4, 0.5) is 10.2 Å². The highest BCUT2D eigenvalue weighted by Crippen LogP contribution is 2.48. The zero-order valence-corrected chi connectivity index (χ0v) is 24.1. The number of fused-ring (bicyclic) bond motifs is 1. The molecule has 3 heterocycles. The Bertz CT molecular complexity index is 1560. The van der Waals surface area contributed by atoms with Gasteiger partial charge in [-0.3, -0.25) is 14.5 Å². The van der Waals surface area contributed by atoms with Crippen molar-refractivity contribution in [2.75, 3.05) is 17.2 Å². The molecular weight excluding hydrogens is 527 g/mol. The number of anilines is 1. The number of nitrogens with one attached hydrogen (secondary N) is 1. The van der Waals surface area contributed by atoms with E-state index in [4.69, 9.17) is 9.52 Å². The average molecular weight is 561 g/mol. The number of benzene rings is 2. The Balaban J connectivity index is 1.71. The number of furan rings is 1. The molecule has 1 aliphatic heterocycles. The topological polar surface area (TPSA) is 80.4 Å². The minimum absolute atomic E-state index is 0.123. The molecule has 9 heteroatoms. The molecular formula is C31H33FN4O3S. The summed E-state index contributed by atoms with van der Waals surface area (Å²) in [5.74, 6) is 0.395. The molecule has 0 aliphatic carbocycles. The third kappa shape index (κ3) is 5.43. The van der Waals surface area contributed by atoms with Crippen molar-refractivity contribution < 1.29 is 18.4 Å². The molecule has 0 radical (unpaired) electrons. The Morgan fingerprint density at radius 3 is 2.62 bits per heavy atom. The molecule has 1 atom stereocenters. The summed E-state index contributed by atoms with van der Waals surface area (Å²) in [6, 6.07) is 16.0. The summed E-state index contributed by atoms with van der Waals surface area (Å²) in [6.45, 7) is 10.3. The standard InChI is InChI=1S/C31H33FN4O3S/c1-19-9-6-13-24(20(19)2)36-30-27(29(34-36)31(3,4)5)28(21-10-7-11-22(32)15-21)40-18-26(38)35(30)17-25(37)33-16-23-12-8-14-39-23/h6-15,28H,16-18H2,1-5H3,(H,33,37)/t28-/m0/s1. The van der Waals surface area contributed by atoms with E-state index >= 15 is 0 Å². The van der Waals surface area contributed by atoms with Gasteiger partial charge < -0.3 is 9.73 Å². The van der Waals surface area contributed by atoms with E-state index in [1.54, 1.807) is 29.1 Å². The van der Waals surface area contributed by atoms with Crippen molar-refractivity contribution in [1.82, 2.24) is 15.1 Å². The number of thioether (sulfide) groups is 1. The van der Waals surface area contributed by atoms with E-state index in [2.05, 4.69) is 26.1 Å². The fourth-order valence-electron chi connectivity index (χ4n) is 4.94. The first-order chi connectivity index (χ1) is 19.0. The van der Waals surface area contributed by atoms with Gasteiger partial charge in [-0.25, -0.2) is 9.07 Å². The van der Waals surface area contributed by atoms with Crippen LogP contribution >= 0.6 is 11.8 Å². The van der Waals surface area contributed by atoms with Crippen molar-refractivity contribution in [2.45, 2.75) is 51.8 Å². The number of aryl methyl sites for hydroxylation is 1. The van der Waals surface area contributed by atoms with Crippen molar-refractivity contribution in [1.29, 1.82) is 0 Å². The van der Waals surface area contributed by atoms with E-state index in [9.17, 15) is 14.0 Å². The number of rotatable bonds is 6. The fraction of sp³-hybridized carbons (Fsp3) is 0.323. The van der Waals surface area contributed by atoms with Crippen LogP contribution in [0, 0.1) is 19.7 Å². The van der Waals surface area contributed by atoms with Crippen LogP contribution in [0.1, 0.15) is 59.7 Å². The first-order valence-electron chi connectivity index (χ1n) is 13.2. The molecule has 208 valence electrons. The van der Waals surface area contributed by atoms with Gasteiger partial charge in [-0.2, -0.15) is 5.10 Å². The number of nitrogens with zero attached hydrogens (tertiary/aromatic N) is 3. The number of aromatic nitrogens is 2. The molecule has 40 heavy (non-hydrogen) atoms. The number of hydrogen-bond donors (Lipinski definition) is 1. The van der Waals surface area contributed by atoms with Crippen LogP contribution in [-0.4, -0.2) is 33.9 Å². The molecule has 1 aliphatic rings. The number of carbonyl (C=O) groups is 2. The smallest absolute Gasteiger partial charge is 0.240 e. The molecule has 2 aromatic heterocycles. The minimum Gasteiger partial charge on any atom is -0.467 e. The van der Waals surface area contributed by atoms with Crippen LogP contribution < -0.4 is 10.2 Å². The molecule has 0 saturated carbocycles. The summed E-state index contributed by atoms with van der Waals surface area (Å²) in [5, 5.41) is 7.62. The average Bonchev–Trinajstić information content (AvgIpc) is 3.53. The number of halogens is 1. The quantitative estimate of drug-likeness (QED) is 0.313. The lowest BCUT2D eigenvalue weighted by Gasteiger charge is -2.25. The molecule has 0 saturated heterocycles. The van der Waals surface area contributed by atoms with Gasteiger partial charge in [0.2, 0.25) is 11.8 Å². The van der Waals surface area contributed by atoms with Gasteiger partial charge in [0.05, 0.1) is 35.2 Å². The fourth-order valence-corrected chi connectivity index (χ4v) is 6.13. The highest BCUT2D eigenvalue weighted by atomic mass is 32.2. The third-order valence-corrected chi connectivity index (χ3v) is 8.35. The van der Waals surface area contributed by atoms with Crippen LogP contribution in [0.25, 0.3) is 5.69 Å². The maximum Gasteiger partial charge on any atom is 0.240 e. The first kappa shape index (κ1) is 27.7. The SMILES string of the molecule is Cc1cccc(-n2nc(C(C)(C)C)c3c2N(CC(=O)NCc2ccco2)C(=O)CS[C@H]3c2cccc(F)c2)c1C. The van der Waals surface area contributed by atoms with Gasteiger partial charge >= 0.3 is 0 Å². The van der Waals surface area contributed by atoms with E-state index in [1.165, 1.54) is 28.8 Å². The summed E-state index contributed by atoms with van der Waals surface area (Å²) >= 11 is 1.43. The lowest BCUT2D eigenvalue weighted by atomic mass is 9.87. The van der Waals surface area contributed by atoms with E-state index in [1.807, 2.05) is 38.1 Å². The molecule has 2 aromatic carbocycles. The Hall–Kier alpha value is -3.85. The summed E-state index contributed by atoms with van der Waals surface area (Å²) in [7, 11) is 0. The van der Waals surface area contributed by atoms with Crippen molar-refractivity contribution in [3.05, 3.63) is 100 Å².